The number of esters is 2. The Hall–Kier alpha value is -1.72. The van der Waals surface area contributed by atoms with Crippen molar-refractivity contribution < 1.29 is 28.7 Å². The van der Waals surface area contributed by atoms with Crippen LogP contribution < -0.4 is 0 Å². The highest BCUT2D eigenvalue weighted by Crippen LogP contribution is 2.00. The standard InChI is InChI=1S/C11H16O6/c1-7(2)17-11(15)6-9(13)4-8(12)5-10(14)16-3/h7H,4-6H2,1-3H3. The van der Waals surface area contributed by atoms with Crippen LogP contribution in [0.5, 0.6) is 0 Å². The van der Waals surface area contributed by atoms with Crippen LogP contribution in [-0.4, -0.2) is 36.7 Å². The molecule has 0 unspecified atom stereocenters. The van der Waals surface area contributed by atoms with E-state index in [1.165, 1.54) is 0 Å². The number of rotatable bonds is 7. The van der Waals surface area contributed by atoms with E-state index in [0.29, 0.717) is 0 Å². The van der Waals surface area contributed by atoms with Gasteiger partial charge in [-0.25, -0.2) is 0 Å². The predicted octanol–water partition coefficient (Wildman–Crippen LogP) is 0.419. The zero-order valence-corrected chi connectivity index (χ0v) is 10.1. The molecule has 0 rings (SSSR count). The van der Waals surface area contributed by atoms with Crippen LogP contribution in [0.3, 0.4) is 0 Å². The van der Waals surface area contributed by atoms with Crippen molar-refractivity contribution >= 4 is 23.5 Å². The van der Waals surface area contributed by atoms with Crippen molar-refractivity contribution in [2.45, 2.75) is 39.2 Å². The summed E-state index contributed by atoms with van der Waals surface area (Å²) in [7, 11) is 1.15. The molecule has 17 heavy (non-hydrogen) atoms. The molecule has 6 nitrogen and oxygen atoms in total. The van der Waals surface area contributed by atoms with Gasteiger partial charge in [0, 0.05) is 0 Å². The topological polar surface area (TPSA) is 86.7 Å². The summed E-state index contributed by atoms with van der Waals surface area (Å²) in [5, 5.41) is 0. The molecule has 0 N–H and O–H groups in total. The van der Waals surface area contributed by atoms with Gasteiger partial charge in [0.2, 0.25) is 0 Å². The lowest BCUT2D eigenvalue weighted by molar-refractivity contribution is -0.149. The van der Waals surface area contributed by atoms with Gasteiger partial charge in [-0.05, 0) is 13.8 Å². The maximum absolute atomic E-state index is 11.2. The van der Waals surface area contributed by atoms with Crippen molar-refractivity contribution in [3.8, 4) is 0 Å². The first-order valence-corrected chi connectivity index (χ1v) is 5.14. The summed E-state index contributed by atoms with van der Waals surface area (Å²) in [6, 6.07) is 0. The third kappa shape index (κ3) is 8.12. The summed E-state index contributed by atoms with van der Waals surface area (Å²) in [5.41, 5.74) is 0. The second-order valence-corrected chi connectivity index (χ2v) is 3.72. The maximum Gasteiger partial charge on any atom is 0.313 e. The molecule has 0 aromatic carbocycles. The Morgan fingerprint density at radius 2 is 1.35 bits per heavy atom. The zero-order chi connectivity index (χ0) is 13.4. The molecular weight excluding hydrogens is 228 g/mol. The molecule has 0 heterocycles. The Kier molecular flexibility index (Phi) is 6.77. The fraction of sp³-hybridized carbons (Fsp3) is 0.636. The summed E-state index contributed by atoms with van der Waals surface area (Å²) in [6.07, 6.45) is -1.67. The number of carbonyl (C=O) groups is 4. The summed E-state index contributed by atoms with van der Waals surface area (Å²) >= 11 is 0. The number of Topliss-reactive ketones (excluding diaryl/α,β-unsaturated/α-hetero) is 2. The van der Waals surface area contributed by atoms with E-state index < -0.39 is 42.8 Å². The minimum atomic E-state index is -0.701. The molecule has 0 saturated carbocycles. The molecule has 0 aliphatic heterocycles. The van der Waals surface area contributed by atoms with Crippen molar-refractivity contribution in [3.05, 3.63) is 0 Å². The van der Waals surface area contributed by atoms with E-state index in [1.807, 2.05) is 0 Å². The number of carbonyl (C=O) groups excluding carboxylic acids is 4. The first kappa shape index (κ1) is 15.3. The highest BCUT2D eigenvalue weighted by Gasteiger charge is 2.17. The van der Waals surface area contributed by atoms with Crippen LogP contribution in [0.4, 0.5) is 0 Å². The molecule has 0 aliphatic carbocycles. The number of hydrogen-bond donors (Lipinski definition) is 0. The molecule has 0 fully saturated rings. The van der Waals surface area contributed by atoms with Gasteiger partial charge in [0.05, 0.1) is 19.6 Å². The smallest absolute Gasteiger partial charge is 0.313 e. The molecule has 0 saturated heterocycles. The molecule has 96 valence electrons. The van der Waals surface area contributed by atoms with Crippen LogP contribution in [0.15, 0.2) is 0 Å². The van der Waals surface area contributed by atoms with Gasteiger partial charge < -0.3 is 9.47 Å². The van der Waals surface area contributed by atoms with Crippen molar-refractivity contribution in [3.63, 3.8) is 0 Å². The number of hydrogen-bond acceptors (Lipinski definition) is 6. The van der Waals surface area contributed by atoms with Crippen molar-refractivity contribution in [1.29, 1.82) is 0 Å². The Labute approximate surface area is 99.3 Å². The molecule has 6 heteroatoms. The molecule has 0 radical (unpaired) electrons. The Morgan fingerprint density at radius 1 is 0.882 bits per heavy atom. The van der Waals surface area contributed by atoms with Gasteiger partial charge in [0.15, 0.2) is 11.6 Å². The summed E-state index contributed by atoms with van der Waals surface area (Å²) in [6.45, 7) is 3.32. The van der Waals surface area contributed by atoms with E-state index in [-0.39, 0.29) is 6.10 Å². The largest absolute Gasteiger partial charge is 0.469 e. The van der Waals surface area contributed by atoms with E-state index in [2.05, 4.69) is 4.74 Å². The first-order chi connectivity index (χ1) is 7.85. The van der Waals surface area contributed by atoms with E-state index >= 15 is 0 Å². The van der Waals surface area contributed by atoms with Crippen LogP contribution in [-0.2, 0) is 28.7 Å². The van der Waals surface area contributed by atoms with Crippen molar-refractivity contribution in [1.82, 2.24) is 0 Å². The second-order valence-electron chi connectivity index (χ2n) is 3.72. The van der Waals surface area contributed by atoms with Gasteiger partial charge in [-0.15, -0.1) is 0 Å². The van der Waals surface area contributed by atoms with Crippen molar-refractivity contribution in [2.75, 3.05) is 7.11 Å². The fourth-order valence-electron chi connectivity index (χ4n) is 1.04. The molecular formula is C11H16O6. The summed E-state index contributed by atoms with van der Waals surface area (Å²) < 4.78 is 9.02. The van der Waals surface area contributed by atoms with Crippen LogP contribution in [0.2, 0.25) is 0 Å². The van der Waals surface area contributed by atoms with E-state index in [0.717, 1.165) is 7.11 Å². The van der Waals surface area contributed by atoms with Gasteiger partial charge in [-0.2, -0.15) is 0 Å². The maximum atomic E-state index is 11.2. The van der Waals surface area contributed by atoms with Crippen LogP contribution >= 0.6 is 0 Å². The van der Waals surface area contributed by atoms with E-state index in [1.54, 1.807) is 13.8 Å². The minimum Gasteiger partial charge on any atom is -0.469 e. The monoisotopic (exact) mass is 244 g/mol. The highest BCUT2D eigenvalue weighted by atomic mass is 16.5. The van der Waals surface area contributed by atoms with Gasteiger partial charge >= 0.3 is 11.9 Å². The normalized spacial score (nSPS) is 9.88. The second kappa shape index (κ2) is 7.54. The lowest BCUT2D eigenvalue weighted by Gasteiger charge is -2.06. The quantitative estimate of drug-likeness (QED) is 0.476. The summed E-state index contributed by atoms with van der Waals surface area (Å²) in [5.74, 6) is -2.51. The molecule has 0 atom stereocenters. The highest BCUT2D eigenvalue weighted by molar-refractivity contribution is 6.09. The molecule has 0 aliphatic rings. The van der Waals surface area contributed by atoms with Gasteiger partial charge in [-0.3, -0.25) is 19.2 Å². The molecule has 0 amide bonds. The Balaban J connectivity index is 3.97. The SMILES string of the molecule is COC(=O)CC(=O)CC(=O)CC(=O)OC(C)C. The molecule has 0 bridgehead atoms. The third-order valence-corrected chi connectivity index (χ3v) is 1.67. The molecule has 0 aromatic heterocycles. The minimum absolute atomic E-state index is 0.305. The van der Waals surface area contributed by atoms with Gasteiger partial charge in [-0.1, -0.05) is 0 Å². The lowest BCUT2D eigenvalue weighted by Crippen LogP contribution is -2.19. The number of ketones is 2. The van der Waals surface area contributed by atoms with Gasteiger partial charge in [0.25, 0.3) is 0 Å². The lowest BCUT2D eigenvalue weighted by atomic mass is 10.1. The zero-order valence-electron chi connectivity index (χ0n) is 10.1. The van der Waals surface area contributed by atoms with E-state index in [9.17, 15) is 19.2 Å². The first-order valence-electron chi connectivity index (χ1n) is 5.14. The van der Waals surface area contributed by atoms with Crippen LogP contribution in [0.25, 0.3) is 0 Å². The summed E-state index contributed by atoms with van der Waals surface area (Å²) in [4.78, 5) is 44.2. The fourth-order valence-corrected chi connectivity index (χ4v) is 1.04. The number of ether oxygens (including phenoxy) is 2. The van der Waals surface area contributed by atoms with Crippen molar-refractivity contribution in [2.24, 2.45) is 0 Å². The Bertz CT molecular complexity index is 318. The Morgan fingerprint density at radius 3 is 1.76 bits per heavy atom. The molecule has 0 aromatic rings. The van der Waals surface area contributed by atoms with E-state index in [4.69, 9.17) is 4.74 Å². The van der Waals surface area contributed by atoms with Crippen LogP contribution in [0, 0.1) is 0 Å². The van der Waals surface area contributed by atoms with Crippen LogP contribution in [0.1, 0.15) is 33.1 Å². The number of methoxy groups -OCH3 is 1. The van der Waals surface area contributed by atoms with Gasteiger partial charge in [0.1, 0.15) is 12.8 Å². The molecule has 0 spiro atoms. The average molecular weight is 244 g/mol. The average Bonchev–Trinajstić information content (AvgIpc) is 2.14. The third-order valence-electron chi connectivity index (χ3n) is 1.67. The predicted molar refractivity (Wildman–Crippen MR) is 57.1 cm³/mol.